The molecule has 1 aliphatic rings. The van der Waals surface area contributed by atoms with Crippen molar-refractivity contribution >= 4 is 26.7 Å². The number of ether oxygens (including phenoxy) is 1. The first kappa shape index (κ1) is 18.9. The van der Waals surface area contributed by atoms with E-state index in [1.165, 1.54) is 36.1 Å². The Balaban J connectivity index is 2.16. The fourth-order valence-electron chi connectivity index (χ4n) is 3.41. The molecule has 1 N–H and O–H groups in total. The van der Waals surface area contributed by atoms with Crippen LogP contribution in [0, 0.1) is 11.3 Å². The molecule has 0 saturated carbocycles. The van der Waals surface area contributed by atoms with E-state index < -0.39 is 40.3 Å². The summed E-state index contributed by atoms with van der Waals surface area (Å²) in [7, 11) is -5.01. The quantitative estimate of drug-likeness (QED) is 0.767. The standard InChI is InChI=1S/C17H16F3N3O4S/c1-11-8-23(9-16(27-11,17(18,19)20)10-28(24,25)26)14-5-4-12(7-21)15-13(14)3-2-6-22-15/h2-6,11H,8-10H2,1H3,(H,24,25,26)/t11-,16+/m1/s1/i6D. The SMILES string of the molecule is [2H]c1ccc2c(N3C[C@@H](C)O[C@@](CS(=O)(=O)O)(C(F)(F)F)C3)ccc(C#N)c2n1. The van der Waals surface area contributed by atoms with Crippen molar-refractivity contribution in [3.05, 3.63) is 36.0 Å². The van der Waals surface area contributed by atoms with Gasteiger partial charge >= 0.3 is 6.18 Å². The summed E-state index contributed by atoms with van der Waals surface area (Å²) in [6, 6.07) is 7.56. The van der Waals surface area contributed by atoms with Crippen LogP contribution in [-0.4, -0.2) is 54.7 Å². The molecule has 1 fully saturated rings. The van der Waals surface area contributed by atoms with Crippen LogP contribution in [0.15, 0.2) is 30.4 Å². The molecule has 3 rings (SSSR count). The van der Waals surface area contributed by atoms with Gasteiger partial charge in [-0.2, -0.15) is 26.9 Å². The van der Waals surface area contributed by atoms with Crippen LogP contribution in [0.2, 0.25) is 0 Å². The third kappa shape index (κ3) is 3.76. The Bertz CT molecular complexity index is 1100. The molecule has 0 unspecified atom stereocenters. The van der Waals surface area contributed by atoms with Crippen molar-refractivity contribution in [1.82, 2.24) is 4.98 Å². The van der Waals surface area contributed by atoms with Crippen LogP contribution < -0.4 is 4.90 Å². The van der Waals surface area contributed by atoms with Crippen molar-refractivity contribution in [1.29, 1.82) is 5.26 Å². The number of halogens is 3. The third-order valence-corrected chi connectivity index (χ3v) is 5.27. The van der Waals surface area contributed by atoms with Gasteiger partial charge in [0.15, 0.2) is 5.60 Å². The monoisotopic (exact) mass is 416 g/mol. The molecular formula is C17H16F3N3O4S. The van der Waals surface area contributed by atoms with E-state index in [9.17, 15) is 26.9 Å². The topological polar surface area (TPSA) is 104 Å². The molecule has 1 aromatic heterocycles. The molecule has 0 radical (unpaired) electrons. The van der Waals surface area contributed by atoms with Crippen molar-refractivity contribution in [2.45, 2.75) is 24.8 Å². The molecule has 0 amide bonds. The number of anilines is 1. The fourth-order valence-corrected chi connectivity index (χ4v) is 4.32. The van der Waals surface area contributed by atoms with Crippen LogP contribution in [-0.2, 0) is 14.9 Å². The minimum absolute atomic E-state index is 0.00688. The Hall–Kier alpha value is -2.42. The number of benzene rings is 1. The molecule has 0 bridgehead atoms. The molecule has 1 aromatic carbocycles. The lowest BCUT2D eigenvalue weighted by atomic mass is 9.99. The van der Waals surface area contributed by atoms with E-state index in [0.717, 1.165) is 0 Å². The van der Waals surface area contributed by atoms with Crippen molar-refractivity contribution < 1.29 is 32.2 Å². The summed E-state index contributed by atoms with van der Waals surface area (Å²) in [5.41, 5.74) is -2.55. The van der Waals surface area contributed by atoms with E-state index in [4.69, 9.17) is 10.7 Å². The molecule has 11 heteroatoms. The predicted octanol–water partition coefficient (Wildman–Crippen LogP) is 2.52. The maximum Gasteiger partial charge on any atom is 0.420 e. The fraction of sp³-hybridized carbons (Fsp3) is 0.412. The number of rotatable bonds is 3. The van der Waals surface area contributed by atoms with Gasteiger partial charge in [0.1, 0.15) is 11.8 Å². The van der Waals surface area contributed by atoms with Gasteiger partial charge in [0.2, 0.25) is 0 Å². The number of hydrogen-bond acceptors (Lipinski definition) is 6. The molecule has 0 spiro atoms. The number of fused-ring (bicyclic) bond motifs is 1. The highest BCUT2D eigenvalue weighted by atomic mass is 32.2. The second kappa shape index (κ2) is 6.88. The van der Waals surface area contributed by atoms with E-state index in [2.05, 4.69) is 4.98 Å². The Labute approximate surface area is 160 Å². The number of morpholine rings is 1. The third-order valence-electron chi connectivity index (χ3n) is 4.44. The van der Waals surface area contributed by atoms with Gasteiger partial charge in [0, 0.05) is 23.8 Å². The van der Waals surface area contributed by atoms with Gasteiger partial charge in [-0.3, -0.25) is 9.54 Å². The normalized spacial score (nSPS) is 24.1. The summed E-state index contributed by atoms with van der Waals surface area (Å²) >= 11 is 0. The molecule has 7 nitrogen and oxygen atoms in total. The average Bonchev–Trinajstić information content (AvgIpc) is 2.57. The summed E-state index contributed by atoms with van der Waals surface area (Å²) in [6.45, 7) is 0.486. The van der Waals surface area contributed by atoms with Crippen molar-refractivity contribution in [2.75, 3.05) is 23.7 Å². The Morgan fingerprint density at radius 3 is 2.82 bits per heavy atom. The number of pyridine rings is 1. The van der Waals surface area contributed by atoms with E-state index in [1.807, 2.05) is 6.07 Å². The van der Waals surface area contributed by atoms with E-state index in [0.29, 0.717) is 5.39 Å². The van der Waals surface area contributed by atoms with Crippen LogP contribution >= 0.6 is 0 Å². The van der Waals surface area contributed by atoms with Crippen LogP contribution in [0.1, 0.15) is 13.9 Å². The van der Waals surface area contributed by atoms with Gasteiger partial charge < -0.3 is 9.64 Å². The maximum atomic E-state index is 13.9. The lowest BCUT2D eigenvalue weighted by molar-refractivity contribution is -0.283. The largest absolute Gasteiger partial charge is 0.420 e. The zero-order chi connectivity index (χ0) is 21.6. The van der Waals surface area contributed by atoms with Crippen molar-refractivity contribution in [2.24, 2.45) is 0 Å². The van der Waals surface area contributed by atoms with Crippen molar-refractivity contribution in [3.63, 3.8) is 0 Å². The Morgan fingerprint density at radius 1 is 1.50 bits per heavy atom. The van der Waals surface area contributed by atoms with E-state index in [-0.39, 0.29) is 29.5 Å². The van der Waals surface area contributed by atoms with Crippen LogP contribution in [0.4, 0.5) is 18.9 Å². The molecule has 2 heterocycles. The van der Waals surface area contributed by atoms with Gasteiger partial charge in [-0.05, 0) is 31.2 Å². The lowest BCUT2D eigenvalue weighted by Gasteiger charge is -2.46. The predicted molar refractivity (Wildman–Crippen MR) is 94.4 cm³/mol. The highest BCUT2D eigenvalue weighted by Gasteiger charge is 2.61. The number of aromatic nitrogens is 1. The van der Waals surface area contributed by atoms with Gasteiger partial charge in [0.25, 0.3) is 10.1 Å². The van der Waals surface area contributed by atoms with Crippen LogP contribution in [0.5, 0.6) is 0 Å². The van der Waals surface area contributed by atoms with Crippen LogP contribution in [0.3, 0.4) is 0 Å². The Kier molecular flexibility index (Phi) is 4.65. The number of alkyl halides is 3. The van der Waals surface area contributed by atoms with E-state index >= 15 is 0 Å². The minimum atomic E-state index is -5.08. The Morgan fingerprint density at radius 2 is 2.21 bits per heavy atom. The molecule has 1 aliphatic heterocycles. The molecular weight excluding hydrogens is 399 g/mol. The first-order chi connectivity index (χ1) is 13.4. The number of hydrogen-bond donors (Lipinski definition) is 1. The van der Waals surface area contributed by atoms with Crippen LogP contribution in [0.25, 0.3) is 10.9 Å². The second-order valence-corrected chi connectivity index (χ2v) is 8.06. The minimum Gasteiger partial charge on any atom is -0.365 e. The molecule has 2 atom stereocenters. The lowest BCUT2D eigenvalue weighted by Crippen LogP contribution is -2.65. The van der Waals surface area contributed by atoms with E-state index in [1.54, 1.807) is 0 Å². The molecule has 28 heavy (non-hydrogen) atoms. The molecule has 2 aromatic rings. The maximum absolute atomic E-state index is 13.9. The average molecular weight is 416 g/mol. The molecule has 1 saturated heterocycles. The van der Waals surface area contributed by atoms with Gasteiger partial charge in [-0.1, -0.05) is 0 Å². The second-order valence-electron chi connectivity index (χ2n) is 6.61. The molecule has 150 valence electrons. The summed E-state index contributed by atoms with van der Waals surface area (Å²) < 4.78 is 86.1. The van der Waals surface area contributed by atoms with Gasteiger partial charge in [-0.25, -0.2) is 0 Å². The smallest absolute Gasteiger partial charge is 0.365 e. The first-order valence-corrected chi connectivity index (χ1v) is 9.71. The zero-order valence-electron chi connectivity index (χ0n) is 15.6. The highest BCUT2D eigenvalue weighted by Crippen LogP contribution is 2.41. The summed E-state index contributed by atoms with van der Waals surface area (Å²) in [4.78, 5) is 5.29. The number of nitrogens with zero attached hydrogens (tertiary/aromatic N) is 3. The number of nitriles is 1. The highest BCUT2D eigenvalue weighted by molar-refractivity contribution is 7.85. The van der Waals surface area contributed by atoms with Gasteiger partial charge in [-0.15, -0.1) is 0 Å². The zero-order valence-corrected chi connectivity index (χ0v) is 15.4. The van der Waals surface area contributed by atoms with Crippen molar-refractivity contribution in [3.8, 4) is 6.07 Å². The molecule has 0 aliphatic carbocycles. The summed E-state index contributed by atoms with van der Waals surface area (Å²) in [5.74, 6) is -1.65. The van der Waals surface area contributed by atoms with Gasteiger partial charge in [0.05, 0.1) is 25.1 Å². The summed E-state index contributed by atoms with van der Waals surface area (Å²) in [6.07, 6.45) is -6.20. The first-order valence-electron chi connectivity index (χ1n) is 8.60. The summed E-state index contributed by atoms with van der Waals surface area (Å²) in [5, 5.41) is 9.60.